The topological polar surface area (TPSA) is 62.8 Å². The Morgan fingerprint density at radius 2 is 1.83 bits per heavy atom. The summed E-state index contributed by atoms with van der Waals surface area (Å²) < 4.78 is 11.0. The molecule has 0 bridgehead atoms. The summed E-state index contributed by atoms with van der Waals surface area (Å²) in [5, 5.41) is 5.65. The highest BCUT2D eigenvalue weighted by molar-refractivity contribution is 5.89. The molecule has 0 radical (unpaired) electrons. The van der Waals surface area contributed by atoms with E-state index in [4.69, 9.17) is 9.47 Å². The maximum absolute atomic E-state index is 12.0. The number of nitrogens with one attached hydrogen (secondary N) is 2. The van der Waals surface area contributed by atoms with Crippen molar-refractivity contribution in [3.63, 3.8) is 0 Å². The SMILES string of the molecule is CN(CCNC(=O)Nc1ccc2c(c1)OCCO2)c1ccccc1. The van der Waals surface area contributed by atoms with Gasteiger partial charge in [0.1, 0.15) is 13.2 Å². The number of carbonyl (C=O) groups excluding carboxylic acids is 1. The van der Waals surface area contributed by atoms with Gasteiger partial charge < -0.3 is 25.0 Å². The highest BCUT2D eigenvalue weighted by Crippen LogP contribution is 2.32. The Morgan fingerprint density at radius 1 is 1.08 bits per heavy atom. The molecule has 24 heavy (non-hydrogen) atoms. The smallest absolute Gasteiger partial charge is 0.319 e. The number of para-hydroxylation sites is 1. The van der Waals surface area contributed by atoms with E-state index in [0.717, 1.165) is 12.2 Å². The predicted octanol–water partition coefficient (Wildman–Crippen LogP) is 2.72. The number of likely N-dealkylation sites (N-methyl/N-ethyl adjacent to an activating group) is 1. The Bertz CT molecular complexity index is 691. The van der Waals surface area contributed by atoms with Crippen LogP contribution in [-0.2, 0) is 0 Å². The third-order valence-corrected chi connectivity index (χ3v) is 3.73. The summed E-state index contributed by atoms with van der Waals surface area (Å²) in [7, 11) is 2.00. The van der Waals surface area contributed by atoms with E-state index in [0.29, 0.717) is 36.9 Å². The quantitative estimate of drug-likeness (QED) is 0.886. The standard InChI is InChI=1S/C18H21N3O3/c1-21(15-5-3-2-4-6-15)10-9-19-18(22)20-14-7-8-16-17(13-14)24-12-11-23-16/h2-8,13H,9-12H2,1H3,(H2,19,20,22). The molecule has 2 N–H and O–H groups in total. The van der Waals surface area contributed by atoms with E-state index in [-0.39, 0.29) is 6.03 Å². The fourth-order valence-corrected chi connectivity index (χ4v) is 2.45. The van der Waals surface area contributed by atoms with Crippen LogP contribution in [0.15, 0.2) is 48.5 Å². The van der Waals surface area contributed by atoms with E-state index in [1.807, 2.05) is 37.4 Å². The van der Waals surface area contributed by atoms with Gasteiger partial charge in [-0.05, 0) is 24.3 Å². The van der Waals surface area contributed by atoms with Crippen LogP contribution in [0.1, 0.15) is 0 Å². The van der Waals surface area contributed by atoms with Crippen LogP contribution < -0.4 is 25.0 Å². The third-order valence-electron chi connectivity index (χ3n) is 3.73. The highest BCUT2D eigenvalue weighted by Gasteiger charge is 2.12. The highest BCUT2D eigenvalue weighted by atomic mass is 16.6. The van der Waals surface area contributed by atoms with Crippen molar-refractivity contribution in [1.82, 2.24) is 5.32 Å². The first-order valence-corrected chi connectivity index (χ1v) is 7.93. The molecule has 2 aromatic carbocycles. The first-order valence-electron chi connectivity index (χ1n) is 7.93. The van der Waals surface area contributed by atoms with Crippen molar-refractivity contribution < 1.29 is 14.3 Å². The number of fused-ring (bicyclic) bond motifs is 1. The molecule has 6 nitrogen and oxygen atoms in total. The molecule has 0 atom stereocenters. The molecule has 3 rings (SSSR count). The summed E-state index contributed by atoms with van der Waals surface area (Å²) in [6.45, 7) is 2.34. The molecule has 1 aliphatic rings. The molecule has 1 heterocycles. The van der Waals surface area contributed by atoms with Gasteiger partial charge in [-0.3, -0.25) is 0 Å². The lowest BCUT2D eigenvalue weighted by Crippen LogP contribution is -2.35. The van der Waals surface area contributed by atoms with Gasteiger partial charge in [-0.25, -0.2) is 4.79 Å². The van der Waals surface area contributed by atoms with Gasteiger partial charge in [0.2, 0.25) is 0 Å². The van der Waals surface area contributed by atoms with Gasteiger partial charge in [-0.2, -0.15) is 0 Å². The maximum atomic E-state index is 12.0. The summed E-state index contributed by atoms with van der Waals surface area (Å²) in [6, 6.07) is 15.2. The Kier molecular flexibility index (Phi) is 5.05. The van der Waals surface area contributed by atoms with Crippen molar-refractivity contribution in [3.05, 3.63) is 48.5 Å². The Morgan fingerprint density at radius 3 is 2.62 bits per heavy atom. The monoisotopic (exact) mass is 327 g/mol. The molecule has 2 amide bonds. The fourth-order valence-electron chi connectivity index (χ4n) is 2.45. The number of urea groups is 1. The first kappa shape index (κ1) is 16.0. The molecule has 1 aliphatic heterocycles. The minimum Gasteiger partial charge on any atom is -0.486 e. The molecule has 0 unspecified atom stereocenters. The lowest BCUT2D eigenvalue weighted by Gasteiger charge is -2.20. The number of rotatable bonds is 5. The molecule has 0 saturated carbocycles. The van der Waals surface area contributed by atoms with Crippen LogP contribution in [0.5, 0.6) is 11.5 Å². The van der Waals surface area contributed by atoms with Gasteiger partial charge >= 0.3 is 6.03 Å². The van der Waals surface area contributed by atoms with Gasteiger partial charge in [0, 0.05) is 37.6 Å². The zero-order valence-corrected chi connectivity index (χ0v) is 13.6. The van der Waals surface area contributed by atoms with Crippen LogP contribution in [0.2, 0.25) is 0 Å². The lowest BCUT2D eigenvalue weighted by atomic mass is 10.2. The second kappa shape index (κ2) is 7.59. The van der Waals surface area contributed by atoms with Crippen LogP contribution in [0.3, 0.4) is 0 Å². The Hall–Kier alpha value is -2.89. The van der Waals surface area contributed by atoms with Crippen LogP contribution in [0, 0.1) is 0 Å². The molecule has 0 spiro atoms. The molecule has 0 saturated heterocycles. The average molecular weight is 327 g/mol. The number of amides is 2. The number of hydrogen-bond acceptors (Lipinski definition) is 4. The zero-order chi connectivity index (χ0) is 16.8. The molecular weight excluding hydrogens is 306 g/mol. The average Bonchev–Trinajstić information content (AvgIpc) is 2.62. The summed E-state index contributed by atoms with van der Waals surface area (Å²) in [5.74, 6) is 1.36. The van der Waals surface area contributed by atoms with Gasteiger partial charge in [-0.1, -0.05) is 18.2 Å². The lowest BCUT2D eigenvalue weighted by molar-refractivity contribution is 0.171. The van der Waals surface area contributed by atoms with E-state index in [9.17, 15) is 4.79 Å². The second-order valence-corrected chi connectivity index (χ2v) is 5.50. The summed E-state index contributed by atoms with van der Waals surface area (Å²) >= 11 is 0. The largest absolute Gasteiger partial charge is 0.486 e. The molecule has 6 heteroatoms. The van der Waals surface area contributed by atoms with Crippen LogP contribution in [-0.4, -0.2) is 39.4 Å². The number of ether oxygens (including phenoxy) is 2. The van der Waals surface area contributed by atoms with Crippen molar-refractivity contribution in [2.24, 2.45) is 0 Å². The molecule has 126 valence electrons. The Labute approximate surface area is 141 Å². The molecule has 0 fully saturated rings. The minimum absolute atomic E-state index is 0.242. The Balaban J connectivity index is 1.46. The summed E-state index contributed by atoms with van der Waals surface area (Å²) in [4.78, 5) is 14.1. The van der Waals surface area contributed by atoms with E-state index in [2.05, 4.69) is 15.5 Å². The number of hydrogen-bond donors (Lipinski definition) is 2. The van der Waals surface area contributed by atoms with E-state index < -0.39 is 0 Å². The van der Waals surface area contributed by atoms with Crippen molar-refractivity contribution in [2.75, 3.05) is 43.6 Å². The normalized spacial score (nSPS) is 12.4. The molecule has 0 aliphatic carbocycles. The van der Waals surface area contributed by atoms with Gasteiger partial charge in [0.25, 0.3) is 0 Å². The summed E-state index contributed by atoms with van der Waals surface area (Å²) in [5.41, 5.74) is 1.79. The number of benzene rings is 2. The third kappa shape index (κ3) is 4.10. The maximum Gasteiger partial charge on any atom is 0.319 e. The van der Waals surface area contributed by atoms with Crippen molar-refractivity contribution in [1.29, 1.82) is 0 Å². The molecule has 2 aromatic rings. The van der Waals surface area contributed by atoms with Crippen LogP contribution >= 0.6 is 0 Å². The van der Waals surface area contributed by atoms with Gasteiger partial charge in [0.15, 0.2) is 11.5 Å². The number of carbonyl (C=O) groups is 1. The zero-order valence-electron chi connectivity index (χ0n) is 13.6. The second-order valence-electron chi connectivity index (χ2n) is 5.50. The van der Waals surface area contributed by atoms with E-state index >= 15 is 0 Å². The number of nitrogens with zero attached hydrogens (tertiary/aromatic N) is 1. The van der Waals surface area contributed by atoms with E-state index in [1.165, 1.54) is 0 Å². The van der Waals surface area contributed by atoms with Crippen LogP contribution in [0.25, 0.3) is 0 Å². The minimum atomic E-state index is -0.242. The van der Waals surface area contributed by atoms with Crippen molar-refractivity contribution >= 4 is 17.4 Å². The molecule has 0 aromatic heterocycles. The molecular formula is C18H21N3O3. The predicted molar refractivity (Wildman–Crippen MR) is 94.2 cm³/mol. The fraction of sp³-hybridized carbons (Fsp3) is 0.278. The van der Waals surface area contributed by atoms with Crippen molar-refractivity contribution in [3.8, 4) is 11.5 Å². The van der Waals surface area contributed by atoms with Crippen molar-refractivity contribution in [2.45, 2.75) is 0 Å². The van der Waals surface area contributed by atoms with Gasteiger partial charge in [-0.15, -0.1) is 0 Å². The van der Waals surface area contributed by atoms with E-state index in [1.54, 1.807) is 18.2 Å². The van der Waals surface area contributed by atoms with Crippen LogP contribution in [0.4, 0.5) is 16.2 Å². The first-order chi connectivity index (χ1) is 11.7. The van der Waals surface area contributed by atoms with Gasteiger partial charge in [0.05, 0.1) is 0 Å². The summed E-state index contributed by atoms with van der Waals surface area (Å²) in [6.07, 6.45) is 0. The number of anilines is 2.